The highest BCUT2D eigenvalue weighted by Crippen LogP contribution is 2.31. The molecule has 0 fully saturated rings. The number of hydrogen-bond donors (Lipinski definition) is 1. The Hall–Kier alpha value is -3.02. The predicted molar refractivity (Wildman–Crippen MR) is 101 cm³/mol. The summed E-state index contributed by atoms with van der Waals surface area (Å²) in [5, 5.41) is 2.81. The van der Waals surface area contributed by atoms with Crippen LogP contribution >= 0.6 is 0 Å². The fourth-order valence-corrected chi connectivity index (χ4v) is 2.69. The number of rotatable bonds is 7. The van der Waals surface area contributed by atoms with Crippen LogP contribution in [0, 0.1) is 0 Å². The number of nitrogens with one attached hydrogen (secondary N) is 1. The highest BCUT2D eigenvalue weighted by molar-refractivity contribution is 6.07. The molecule has 2 amide bonds. The second-order valence-corrected chi connectivity index (χ2v) is 5.55. The first kappa shape index (κ1) is 19.3. The molecule has 0 aliphatic carbocycles. The van der Waals surface area contributed by atoms with Crippen LogP contribution in [0.2, 0.25) is 0 Å². The van der Waals surface area contributed by atoms with Gasteiger partial charge in [-0.05, 0) is 44.2 Å². The Kier molecular flexibility index (Phi) is 6.60. The van der Waals surface area contributed by atoms with E-state index in [4.69, 9.17) is 9.47 Å². The average Bonchev–Trinajstić information content (AvgIpc) is 2.68. The maximum Gasteiger partial charge on any atom is 0.259 e. The van der Waals surface area contributed by atoms with Gasteiger partial charge in [0.2, 0.25) is 0 Å². The highest BCUT2D eigenvalue weighted by atomic mass is 16.5. The van der Waals surface area contributed by atoms with Gasteiger partial charge in [-0.2, -0.15) is 0 Å². The SMILES string of the molecule is CCN(CC)C(=O)c1cccc(NC(=O)c2cccc(OC)c2OC)c1. The van der Waals surface area contributed by atoms with Crippen molar-refractivity contribution in [2.24, 2.45) is 0 Å². The fourth-order valence-electron chi connectivity index (χ4n) is 2.69. The monoisotopic (exact) mass is 356 g/mol. The molecule has 6 heteroatoms. The molecular formula is C20H24N2O4. The third-order valence-electron chi connectivity index (χ3n) is 4.07. The molecule has 0 bridgehead atoms. The zero-order valence-corrected chi connectivity index (χ0v) is 15.5. The van der Waals surface area contributed by atoms with E-state index in [2.05, 4.69) is 5.32 Å². The molecule has 0 aromatic heterocycles. The number of benzene rings is 2. The van der Waals surface area contributed by atoms with Crippen LogP contribution in [0.25, 0.3) is 0 Å². The summed E-state index contributed by atoms with van der Waals surface area (Å²) >= 11 is 0. The lowest BCUT2D eigenvalue weighted by molar-refractivity contribution is 0.0772. The van der Waals surface area contributed by atoms with Crippen molar-refractivity contribution in [2.45, 2.75) is 13.8 Å². The summed E-state index contributed by atoms with van der Waals surface area (Å²) in [5.74, 6) is 0.437. The molecular weight excluding hydrogens is 332 g/mol. The lowest BCUT2D eigenvalue weighted by Crippen LogP contribution is -2.30. The number of ether oxygens (including phenoxy) is 2. The zero-order valence-electron chi connectivity index (χ0n) is 15.5. The summed E-state index contributed by atoms with van der Waals surface area (Å²) in [6, 6.07) is 12.0. The third-order valence-corrected chi connectivity index (χ3v) is 4.07. The number of carbonyl (C=O) groups is 2. The van der Waals surface area contributed by atoms with Crippen LogP contribution in [0.1, 0.15) is 34.6 Å². The number of anilines is 1. The molecule has 1 N–H and O–H groups in total. The van der Waals surface area contributed by atoms with Gasteiger partial charge in [0.25, 0.3) is 11.8 Å². The minimum absolute atomic E-state index is 0.0648. The smallest absolute Gasteiger partial charge is 0.259 e. The number of amides is 2. The van der Waals surface area contributed by atoms with Gasteiger partial charge in [0.1, 0.15) is 0 Å². The van der Waals surface area contributed by atoms with Crippen LogP contribution in [-0.4, -0.2) is 44.0 Å². The van der Waals surface area contributed by atoms with Gasteiger partial charge in [-0.3, -0.25) is 9.59 Å². The van der Waals surface area contributed by atoms with Crippen molar-refractivity contribution >= 4 is 17.5 Å². The standard InChI is InChI=1S/C20H24N2O4/c1-5-22(6-2)20(24)14-9-7-10-15(13-14)21-19(23)16-11-8-12-17(25-3)18(16)26-4/h7-13H,5-6H2,1-4H3,(H,21,23). The van der Waals surface area contributed by atoms with E-state index in [1.54, 1.807) is 47.4 Å². The van der Waals surface area contributed by atoms with Crippen molar-refractivity contribution in [3.8, 4) is 11.5 Å². The Morgan fingerprint density at radius 1 is 1.00 bits per heavy atom. The first-order valence-electron chi connectivity index (χ1n) is 8.47. The van der Waals surface area contributed by atoms with Crippen LogP contribution in [0.3, 0.4) is 0 Å². The molecule has 0 spiro atoms. The molecule has 26 heavy (non-hydrogen) atoms. The topological polar surface area (TPSA) is 67.9 Å². The molecule has 0 aliphatic heterocycles. The Morgan fingerprint density at radius 3 is 2.31 bits per heavy atom. The largest absolute Gasteiger partial charge is 0.493 e. The quantitative estimate of drug-likeness (QED) is 0.825. The van der Waals surface area contributed by atoms with Gasteiger partial charge in [-0.1, -0.05) is 12.1 Å². The molecule has 2 aromatic rings. The lowest BCUT2D eigenvalue weighted by Gasteiger charge is -2.19. The van der Waals surface area contributed by atoms with Gasteiger partial charge >= 0.3 is 0 Å². The Balaban J connectivity index is 2.26. The van der Waals surface area contributed by atoms with Crippen LogP contribution in [-0.2, 0) is 0 Å². The summed E-state index contributed by atoms with van der Waals surface area (Å²) < 4.78 is 10.5. The number of nitrogens with zero attached hydrogens (tertiary/aromatic N) is 1. The summed E-state index contributed by atoms with van der Waals surface area (Å²) in [4.78, 5) is 26.9. The number of hydrogen-bond acceptors (Lipinski definition) is 4. The van der Waals surface area contributed by atoms with E-state index >= 15 is 0 Å². The van der Waals surface area contributed by atoms with Gasteiger partial charge in [-0.15, -0.1) is 0 Å². The molecule has 2 aromatic carbocycles. The van der Waals surface area contributed by atoms with Gasteiger partial charge in [-0.25, -0.2) is 0 Å². The molecule has 0 radical (unpaired) electrons. The van der Waals surface area contributed by atoms with E-state index in [1.807, 2.05) is 13.8 Å². The predicted octanol–water partition coefficient (Wildman–Crippen LogP) is 3.44. The molecule has 0 unspecified atom stereocenters. The van der Waals surface area contributed by atoms with Crippen LogP contribution < -0.4 is 14.8 Å². The molecule has 6 nitrogen and oxygen atoms in total. The first-order chi connectivity index (χ1) is 12.5. The summed E-state index contributed by atoms with van der Waals surface area (Å²) in [7, 11) is 3.00. The number of para-hydroxylation sites is 1. The average molecular weight is 356 g/mol. The fraction of sp³-hybridized carbons (Fsp3) is 0.300. The van der Waals surface area contributed by atoms with E-state index in [1.165, 1.54) is 14.2 Å². The summed E-state index contributed by atoms with van der Waals surface area (Å²) in [5.41, 5.74) is 1.43. The van der Waals surface area contributed by atoms with Crippen LogP contribution in [0.4, 0.5) is 5.69 Å². The van der Waals surface area contributed by atoms with Gasteiger partial charge in [0, 0.05) is 24.3 Å². The van der Waals surface area contributed by atoms with E-state index < -0.39 is 0 Å². The Morgan fingerprint density at radius 2 is 1.69 bits per heavy atom. The van der Waals surface area contributed by atoms with Gasteiger partial charge in [0.05, 0.1) is 19.8 Å². The van der Waals surface area contributed by atoms with Gasteiger partial charge < -0.3 is 19.7 Å². The van der Waals surface area contributed by atoms with Crippen molar-refractivity contribution < 1.29 is 19.1 Å². The van der Waals surface area contributed by atoms with E-state index in [0.29, 0.717) is 41.4 Å². The second-order valence-electron chi connectivity index (χ2n) is 5.55. The van der Waals surface area contributed by atoms with Crippen molar-refractivity contribution in [1.82, 2.24) is 4.90 Å². The molecule has 0 saturated carbocycles. The van der Waals surface area contributed by atoms with Gasteiger partial charge in [0.15, 0.2) is 11.5 Å². The van der Waals surface area contributed by atoms with Crippen molar-refractivity contribution in [1.29, 1.82) is 0 Å². The molecule has 0 aliphatic rings. The summed E-state index contributed by atoms with van der Waals surface area (Å²) in [6.45, 7) is 5.13. The second kappa shape index (κ2) is 8.89. The Bertz CT molecular complexity index is 785. The minimum atomic E-state index is -0.340. The maximum atomic E-state index is 12.6. The van der Waals surface area contributed by atoms with Crippen LogP contribution in [0.5, 0.6) is 11.5 Å². The van der Waals surface area contributed by atoms with Crippen LogP contribution in [0.15, 0.2) is 42.5 Å². The first-order valence-corrected chi connectivity index (χ1v) is 8.47. The van der Waals surface area contributed by atoms with Crippen molar-refractivity contribution in [3.05, 3.63) is 53.6 Å². The van der Waals surface area contributed by atoms with Crippen molar-refractivity contribution in [2.75, 3.05) is 32.6 Å². The molecule has 0 atom stereocenters. The molecule has 2 rings (SSSR count). The van der Waals surface area contributed by atoms with E-state index in [9.17, 15) is 9.59 Å². The van der Waals surface area contributed by atoms with Crippen molar-refractivity contribution in [3.63, 3.8) is 0 Å². The highest BCUT2D eigenvalue weighted by Gasteiger charge is 2.17. The number of carbonyl (C=O) groups excluding carboxylic acids is 2. The molecule has 0 heterocycles. The lowest BCUT2D eigenvalue weighted by atomic mass is 10.1. The third kappa shape index (κ3) is 4.14. The molecule has 138 valence electrons. The van der Waals surface area contributed by atoms with E-state index in [0.717, 1.165) is 0 Å². The minimum Gasteiger partial charge on any atom is -0.493 e. The number of methoxy groups -OCH3 is 2. The van der Waals surface area contributed by atoms with E-state index in [-0.39, 0.29) is 11.8 Å². The zero-order chi connectivity index (χ0) is 19.1. The summed E-state index contributed by atoms with van der Waals surface area (Å²) in [6.07, 6.45) is 0. The maximum absolute atomic E-state index is 12.6. The molecule has 0 saturated heterocycles. The Labute approximate surface area is 153 Å². The normalized spacial score (nSPS) is 10.2.